The first-order chi connectivity index (χ1) is 23.5. The van der Waals surface area contributed by atoms with Crippen LogP contribution in [0.5, 0.6) is 0 Å². The van der Waals surface area contributed by atoms with Gasteiger partial charge in [0.1, 0.15) is 19.6 Å². The third kappa shape index (κ3) is 4.42. The second-order valence-electron chi connectivity index (χ2n) is 12.8. The number of pyridine rings is 1. The quantitative estimate of drug-likeness (QED) is 0.142. The number of hydrogen-bond acceptors (Lipinski definition) is 1. The van der Waals surface area contributed by atoms with Crippen LogP contribution < -0.4 is 14.9 Å². The molecule has 3 aromatic heterocycles. The molecule has 0 saturated carbocycles. The maximum Gasteiger partial charge on any atom is 0.249 e. The van der Waals surface area contributed by atoms with E-state index >= 15 is 0 Å². The number of aryl methyl sites for hydroxylation is 3. The summed E-state index contributed by atoms with van der Waals surface area (Å²) in [4.78, 5) is 4.94. The highest BCUT2D eigenvalue weighted by molar-refractivity contribution is 7.00. The smallest absolute Gasteiger partial charge is 0.249 e. The highest BCUT2D eigenvalue weighted by Gasteiger charge is 2.29. The predicted octanol–water partition coefficient (Wildman–Crippen LogP) is 8.05. The number of fused-ring (bicyclic) bond motifs is 4. The van der Waals surface area contributed by atoms with Crippen molar-refractivity contribution in [1.29, 1.82) is 0 Å². The number of aromatic nitrogens is 4. The van der Waals surface area contributed by atoms with Gasteiger partial charge in [0.25, 0.3) is 0 Å². The molecule has 0 radical (unpaired) electrons. The molecule has 4 nitrogen and oxygen atoms in total. The highest BCUT2D eigenvalue weighted by atomic mass is 28.3. The fourth-order valence-electron chi connectivity index (χ4n) is 7.10. The molecule has 0 fully saturated rings. The van der Waals surface area contributed by atoms with Gasteiger partial charge in [-0.25, -0.2) is 9.55 Å². The maximum absolute atomic E-state index is 8.13. The number of benzene rings is 5. The van der Waals surface area contributed by atoms with Crippen LogP contribution in [0.2, 0.25) is 13.1 Å². The molecule has 0 N–H and O–H groups in total. The van der Waals surface area contributed by atoms with E-state index < -0.39 is 15.0 Å². The van der Waals surface area contributed by atoms with E-state index in [1.165, 1.54) is 42.4 Å². The van der Waals surface area contributed by atoms with Crippen LogP contribution in [0.25, 0.3) is 55.5 Å². The van der Waals surface area contributed by atoms with Gasteiger partial charge < -0.3 is 0 Å². The fourth-order valence-corrected chi connectivity index (χ4v) is 9.45. The third-order valence-corrected chi connectivity index (χ3v) is 13.1. The van der Waals surface area contributed by atoms with Gasteiger partial charge in [-0.05, 0) is 84.6 Å². The van der Waals surface area contributed by atoms with Crippen LogP contribution in [0, 0.1) is 13.8 Å². The van der Waals surface area contributed by atoms with Crippen molar-refractivity contribution in [2.45, 2.75) is 26.9 Å². The minimum Gasteiger partial charge on any atom is -0.294 e. The molecule has 0 aliphatic carbocycles. The minimum atomic E-state index is -2.28. The largest absolute Gasteiger partial charge is 0.294 e. The summed E-state index contributed by atoms with van der Waals surface area (Å²) in [6.45, 7) is 6.83. The molecule has 5 heteroatoms. The van der Waals surface area contributed by atoms with Crippen LogP contribution in [-0.4, -0.2) is 22.2 Å². The van der Waals surface area contributed by atoms with Crippen molar-refractivity contribution in [2.24, 2.45) is 6.98 Å². The van der Waals surface area contributed by atoms with Crippen LogP contribution >= 0.6 is 0 Å². The molecule has 0 saturated heterocycles. The lowest BCUT2D eigenvalue weighted by Crippen LogP contribution is -2.52. The van der Waals surface area contributed by atoms with E-state index in [2.05, 4.69) is 129 Å². The molecule has 0 amide bonds. The molecule has 5 aromatic carbocycles. The van der Waals surface area contributed by atoms with Gasteiger partial charge in [0.2, 0.25) is 6.33 Å². The molecule has 8 aromatic rings. The third-order valence-electron chi connectivity index (χ3n) is 9.62. The van der Waals surface area contributed by atoms with Crippen molar-refractivity contribution in [1.82, 2.24) is 14.1 Å². The zero-order valence-corrected chi connectivity index (χ0v) is 27.5. The molecule has 0 aliphatic rings. The molecule has 224 valence electrons. The Labute approximate surface area is 275 Å². The summed E-state index contributed by atoms with van der Waals surface area (Å²) in [6, 6.07) is 42.6. The SMILES string of the molecule is [2H]C([2H])([2H])[n+]1cn(-c2cccc([Si](C)(C)c3ccc4c5ccccc5n(-c5cc(-c6c(C)cccc6C)ccn5)c4c3)c2)c2ccccc21. The van der Waals surface area contributed by atoms with Gasteiger partial charge in [-0.2, -0.15) is 4.57 Å². The molecule has 8 rings (SSSR count). The standard InChI is InChI=1S/C41H37N4Si/c1-28-12-10-13-29(2)41(28)30-22-23-42-40(24-30)45-36-17-7-6-16-34(36)35-21-20-33(26-39(35)45)46(4,5)32-15-11-14-31(25-32)44-27-43(3)37-18-8-9-19-38(37)44/h6-27H,1-5H3/q+1/i3D3. The van der Waals surface area contributed by atoms with Crippen molar-refractivity contribution in [2.75, 3.05) is 0 Å². The second kappa shape index (κ2) is 10.7. The lowest BCUT2D eigenvalue weighted by atomic mass is 9.96. The summed E-state index contributed by atoms with van der Waals surface area (Å²) in [5.41, 5.74) is 9.65. The van der Waals surface area contributed by atoms with E-state index in [4.69, 9.17) is 9.10 Å². The average molecular weight is 617 g/mol. The van der Waals surface area contributed by atoms with Crippen molar-refractivity contribution in [3.05, 3.63) is 145 Å². The lowest BCUT2D eigenvalue weighted by Gasteiger charge is -2.24. The summed E-state index contributed by atoms with van der Waals surface area (Å²) < 4.78 is 30.1. The van der Waals surface area contributed by atoms with Crippen LogP contribution in [-0.2, 0) is 6.98 Å². The minimum absolute atomic E-state index is 0.679. The van der Waals surface area contributed by atoms with Crippen molar-refractivity contribution in [3.8, 4) is 22.6 Å². The predicted molar refractivity (Wildman–Crippen MR) is 195 cm³/mol. The first kappa shape index (κ1) is 25.0. The van der Waals surface area contributed by atoms with Crippen molar-refractivity contribution >= 4 is 51.3 Å². The Hall–Kier alpha value is -5.26. The first-order valence-electron chi connectivity index (χ1n) is 17.2. The summed E-state index contributed by atoms with van der Waals surface area (Å²) in [5, 5.41) is 4.97. The average Bonchev–Trinajstić information content (AvgIpc) is 3.65. The van der Waals surface area contributed by atoms with Crippen LogP contribution in [0.4, 0.5) is 0 Å². The Morgan fingerprint density at radius 1 is 0.674 bits per heavy atom. The number of nitrogens with zero attached hydrogens (tertiary/aromatic N) is 4. The summed E-state index contributed by atoms with van der Waals surface area (Å²) in [5.74, 6) is 0.895. The van der Waals surface area contributed by atoms with E-state index in [1.807, 2.05) is 35.0 Å². The monoisotopic (exact) mass is 616 g/mol. The van der Waals surface area contributed by atoms with Gasteiger partial charge in [0.15, 0.2) is 11.0 Å². The van der Waals surface area contributed by atoms with Gasteiger partial charge >= 0.3 is 0 Å². The van der Waals surface area contributed by atoms with E-state index in [1.54, 1.807) is 6.33 Å². The Balaban J connectivity index is 1.28. The van der Waals surface area contributed by atoms with E-state index in [9.17, 15) is 0 Å². The van der Waals surface area contributed by atoms with Crippen molar-refractivity contribution < 1.29 is 8.68 Å². The summed E-state index contributed by atoms with van der Waals surface area (Å²) in [7, 11) is -2.25. The van der Waals surface area contributed by atoms with Crippen molar-refractivity contribution in [3.63, 3.8) is 0 Å². The van der Waals surface area contributed by atoms with Gasteiger partial charge in [0.05, 0.1) is 22.1 Å². The molecule has 0 atom stereocenters. The Kier molecular flexibility index (Phi) is 5.80. The fraction of sp³-hybridized carbons (Fsp3) is 0.122. The Morgan fingerprint density at radius 2 is 1.39 bits per heavy atom. The van der Waals surface area contributed by atoms with E-state index in [0.29, 0.717) is 5.52 Å². The molecule has 0 spiro atoms. The van der Waals surface area contributed by atoms with E-state index in [-0.39, 0.29) is 0 Å². The molecular weight excluding hydrogens is 577 g/mol. The van der Waals surface area contributed by atoms with Gasteiger partial charge in [0, 0.05) is 17.0 Å². The number of rotatable bonds is 5. The topological polar surface area (TPSA) is 26.6 Å². The second-order valence-corrected chi connectivity index (χ2v) is 17.2. The van der Waals surface area contributed by atoms with Crippen LogP contribution in [0.15, 0.2) is 134 Å². The molecule has 0 aliphatic heterocycles. The highest BCUT2D eigenvalue weighted by Crippen LogP contribution is 2.34. The normalized spacial score (nSPS) is 13.3. The molecule has 46 heavy (non-hydrogen) atoms. The molecule has 3 heterocycles. The van der Waals surface area contributed by atoms with Gasteiger partial charge in [-0.15, -0.1) is 0 Å². The Bertz CT molecular complexity index is 2540. The lowest BCUT2D eigenvalue weighted by molar-refractivity contribution is -0.645. The number of imidazole rings is 1. The maximum atomic E-state index is 8.13. The van der Waals surface area contributed by atoms with E-state index in [0.717, 1.165) is 33.6 Å². The first-order valence-corrected chi connectivity index (χ1v) is 18.7. The zero-order valence-electron chi connectivity index (χ0n) is 29.5. The number of hydrogen-bond donors (Lipinski definition) is 0. The molecular formula is C41H37N4Si+. The van der Waals surface area contributed by atoms with Gasteiger partial charge in [-0.1, -0.05) is 96.3 Å². The molecule has 0 unspecified atom stereocenters. The summed E-state index contributed by atoms with van der Waals surface area (Å²) in [6.07, 6.45) is 3.63. The van der Waals surface area contributed by atoms with Crippen LogP contribution in [0.1, 0.15) is 15.2 Å². The molecule has 0 bridgehead atoms. The van der Waals surface area contributed by atoms with Crippen LogP contribution in [0.3, 0.4) is 0 Å². The zero-order chi connectivity index (χ0) is 34.1. The Morgan fingerprint density at radius 3 is 2.22 bits per heavy atom. The summed E-state index contributed by atoms with van der Waals surface area (Å²) >= 11 is 0. The number of para-hydroxylation sites is 3. The van der Waals surface area contributed by atoms with Gasteiger partial charge in [-0.3, -0.25) is 4.57 Å².